The molecule has 1 saturated heterocycles. The summed E-state index contributed by atoms with van der Waals surface area (Å²) in [4.78, 5) is 27.2. The van der Waals surface area contributed by atoms with Crippen molar-refractivity contribution in [3.63, 3.8) is 0 Å². The number of carbonyl (C=O) groups is 1. The summed E-state index contributed by atoms with van der Waals surface area (Å²) in [7, 11) is 2.05. The second-order valence-electron chi connectivity index (χ2n) is 7.70. The summed E-state index contributed by atoms with van der Waals surface area (Å²) >= 11 is 1.40. The number of carbonyl (C=O) groups excluding carboxylic acids is 1. The standard InChI is InChI=1S/C22H21FN6OS/c1-13-16(23)6-5-15-17(13)26-27-18(15)21-25-19(20(31-21)14-4-3-7-24-12-14)22(30)29-10-8-28(2)9-11-29/h3-7,12H,8-11H2,1-2H3,(H,26,27). The Morgan fingerprint density at radius 3 is 2.74 bits per heavy atom. The fraction of sp³-hybridized carbons (Fsp3) is 0.273. The van der Waals surface area contributed by atoms with Gasteiger partial charge in [-0.2, -0.15) is 5.10 Å². The molecule has 0 unspecified atom stereocenters. The largest absolute Gasteiger partial charge is 0.335 e. The van der Waals surface area contributed by atoms with Crippen molar-refractivity contribution in [1.82, 2.24) is 30.0 Å². The van der Waals surface area contributed by atoms with E-state index in [0.717, 1.165) is 28.9 Å². The van der Waals surface area contributed by atoms with Crippen LogP contribution in [-0.4, -0.2) is 69.1 Å². The number of likely N-dealkylation sites (N-methyl/N-ethyl adjacent to an activating group) is 1. The van der Waals surface area contributed by atoms with Gasteiger partial charge in [0, 0.05) is 55.1 Å². The third-order valence-corrected chi connectivity index (χ3v) is 6.79. The first-order valence-electron chi connectivity index (χ1n) is 10.1. The van der Waals surface area contributed by atoms with E-state index in [-0.39, 0.29) is 11.7 Å². The predicted molar refractivity (Wildman–Crippen MR) is 119 cm³/mol. The van der Waals surface area contributed by atoms with Gasteiger partial charge in [-0.15, -0.1) is 11.3 Å². The van der Waals surface area contributed by atoms with Gasteiger partial charge in [0.05, 0.1) is 10.4 Å². The Labute approximate surface area is 182 Å². The summed E-state index contributed by atoms with van der Waals surface area (Å²) in [5, 5.41) is 8.73. The lowest BCUT2D eigenvalue weighted by Gasteiger charge is -2.32. The van der Waals surface area contributed by atoms with Gasteiger partial charge in [0.1, 0.15) is 22.2 Å². The Morgan fingerprint density at radius 1 is 1.19 bits per heavy atom. The zero-order chi connectivity index (χ0) is 21.5. The zero-order valence-electron chi connectivity index (χ0n) is 17.2. The van der Waals surface area contributed by atoms with Gasteiger partial charge in [0.15, 0.2) is 0 Å². The summed E-state index contributed by atoms with van der Waals surface area (Å²) in [5.74, 6) is -0.375. The quantitative estimate of drug-likeness (QED) is 0.531. The molecule has 0 aliphatic carbocycles. The van der Waals surface area contributed by atoms with E-state index >= 15 is 0 Å². The molecule has 0 spiro atoms. The minimum Gasteiger partial charge on any atom is -0.335 e. The fourth-order valence-corrected chi connectivity index (χ4v) is 4.83. The van der Waals surface area contributed by atoms with Crippen LogP contribution in [0.5, 0.6) is 0 Å². The number of pyridine rings is 1. The van der Waals surface area contributed by atoms with E-state index in [9.17, 15) is 9.18 Å². The van der Waals surface area contributed by atoms with Crippen LogP contribution in [0.2, 0.25) is 0 Å². The second-order valence-corrected chi connectivity index (χ2v) is 8.70. The van der Waals surface area contributed by atoms with Gasteiger partial charge in [0.2, 0.25) is 0 Å². The molecule has 1 amide bonds. The number of fused-ring (bicyclic) bond motifs is 1. The van der Waals surface area contributed by atoms with Crippen molar-refractivity contribution >= 4 is 28.1 Å². The van der Waals surface area contributed by atoms with Gasteiger partial charge in [-0.1, -0.05) is 6.07 Å². The highest BCUT2D eigenvalue weighted by molar-refractivity contribution is 7.18. The van der Waals surface area contributed by atoms with Crippen molar-refractivity contribution in [2.75, 3.05) is 33.2 Å². The summed E-state index contributed by atoms with van der Waals surface area (Å²) in [6, 6.07) is 6.90. The number of rotatable bonds is 3. The lowest BCUT2D eigenvalue weighted by Crippen LogP contribution is -2.47. The molecule has 1 aliphatic heterocycles. The smallest absolute Gasteiger partial charge is 0.274 e. The van der Waals surface area contributed by atoms with E-state index in [0.29, 0.717) is 40.6 Å². The molecule has 4 aromatic rings. The molecule has 1 N–H and O–H groups in total. The van der Waals surface area contributed by atoms with Crippen LogP contribution in [0.15, 0.2) is 36.7 Å². The van der Waals surface area contributed by atoms with Crippen LogP contribution >= 0.6 is 11.3 Å². The van der Waals surface area contributed by atoms with Gasteiger partial charge in [-0.3, -0.25) is 14.9 Å². The SMILES string of the molecule is Cc1c(F)ccc2c(-c3nc(C(=O)N4CCN(C)CC4)c(-c4cccnc4)s3)n[nH]c12. The Balaban J connectivity index is 1.62. The number of aryl methyl sites for hydroxylation is 1. The number of nitrogens with one attached hydrogen (secondary N) is 1. The first-order chi connectivity index (χ1) is 15.0. The Bertz CT molecular complexity index is 1260. The van der Waals surface area contributed by atoms with Crippen LogP contribution in [-0.2, 0) is 0 Å². The maximum Gasteiger partial charge on any atom is 0.274 e. The lowest BCUT2D eigenvalue weighted by molar-refractivity contribution is 0.0660. The minimum absolute atomic E-state index is 0.0866. The van der Waals surface area contributed by atoms with Gasteiger partial charge in [0.25, 0.3) is 5.91 Å². The van der Waals surface area contributed by atoms with E-state index in [4.69, 9.17) is 4.98 Å². The van der Waals surface area contributed by atoms with Crippen molar-refractivity contribution in [3.05, 3.63) is 53.7 Å². The number of piperazine rings is 1. The molecular formula is C22H21FN6OS. The topological polar surface area (TPSA) is 78.0 Å². The monoisotopic (exact) mass is 436 g/mol. The molecule has 158 valence electrons. The maximum atomic E-state index is 14.0. The summed E-state index contributed by atoms with van der Waals surface area (Å²) in [5.41, 5.74) is 3.01. The molecule has 4 heterocycles. The number of nitrogens with zero attached hydrogens (tertiary/aromatic N) is 5. The molecular weight excluding hydrogens is 415 g/mol. The minimum atomic E-state index is -0.288. The highest BCUT2D eigenvalue weighted by atomic mass is 32.1. The summed E-state index contributed by atoms with van der Waals surface area (Å²) < 4.78 is 14.0. The molecule has 31 heavy (non-hydrogen) atoms. The number of hydrogen-bond acceptors (Lipinski definition) is 6. The molecule has 1 aromatic carbocycles. The van der Waals surface area contributed by atoms with E-state index < -0.39 is 0 Å². The first-order valence-corrected chi connectivity index (χ1v) is 10.9. The average molecular weight is 437 g/mol. The third kappa shape index (κ3) is 3.49. The molecule has 5 rings (SSSR count). The predicted octanol–water partition coefficient (Wildman–Crippen LogP) is 3.58. The van der Waals surface area contributed by atoms with Gasteiger partial charge in [-0.25, -0.2) is 9.37 Å². The fourth-order valence-electron chi connectivity index (χ4n) is 3.78. The van der Waals surface area contributed by atoms with Crippen LogP contribution < -0.4 is 0 Å². The van der Waals surface area contributed by atoms with Crippen LogP contribution in [0, 0.1) is 12.7 Å². The number of H-pyrrole nitrogens is 1. The average Bonchev–Trinajstić information content (AvgIpc) is 3.42. The van der Waals surface area contributed by atoms with E-state index in [1.807, 2.05) is 17.0 Å². The molecule has 0 saturated carbocycles. The number of benzene rings is 1. The van der Waals surface area contributed by atoms with Crippen molar-refractivity contribution < 1.29 is 9.18 Å². The third-order valence-electron chi connectivity index (χ3n) is 5.68. The summed E-state index contributed by atoms with van der Waals surface area (Å²) in [6.07, 6.45) is 3.44. The molecule has 9 heteroatoms. The number of halogens is 1. The zero-order valence-corrected chi connectivity index (χ0v) is 18.0. The Hall–Kier alpha value is -3.17. The maximum absolute atomic E-state index is 14.0. The number of amides is 1. The van der Waals surface area contributed by atoms with Crippen LogP contribution in [0.25, 0.3) is 32.0 Å². The highest BCUT2D eigenvalue weighted by Crippen LogP contribution is 2.38. The molecule has 0 atom stereocenters. The van der Waals surface area contributed by atoms with Crippen LogP contribution in [0.3, 0.4) is 0 Å². The molecule has 7 nitrogen and oxygen atoms in total. The normalized spacial score (nSPS) is 15.0. The van der Waals surface area contributed by atoms with Crippen molar-refractivity contribution in [3.8, 4) is 21.1 Å². The van der Waals surface area contributed by atoms with Crippen LogP contribution in [0.1, 0.15) is 16.1 Å². The van der Waals surface area contributed by atoms with E-state index in [1.54, 1.807) is 25.4 Å². The lowest BCUT2D eigenvalue weighted by atomic mass is 10.1. The first kappa shape index (κ1) is 19.8. The molecule has 1 aliphatic rings. The number of aromatic nitrogens is 4. The van der Waals surface area contributed by atoms with Gasteiger partial charge in [-0.05, 0) is 32.2 Å². The molecule has 1 fully saturated rings. The Kier molecular flexibility index (Phi) is 4.99. The van der Waals surface area contributed by atoms with Crippen molar-refractivity contribution in [1.29, 1.82) is 0 Å². The summed E-state index contributed by atoms with van der Waals surface area (Å²) in [6.45, 7) is 4.71. The molecule has 3 aromatic heterocycles. The highest BCUT2D eigenvalue weighted by Gasteiger charge is 2.28. The van der Waals surface area contributed by atoms with E-state index in [1.165, 1.54) is 17.4 Å². The van der Waals surface area contributed by atoms with Crippen molar-refractivity contribution in [2.45, 2.75) is 6.92 Å². The van der Waals surface area contributed by atoms with Crippen LogP contribution in [0.4, 0.5) is 4.39 Å². The Morgan fingerprint density at radius 2 is 2.00 bits per heavy atom. The number of aromatic amines is 1. The second kappa shape index (κ2) is 7.82. The number of thiazole rings is 1. The molecule has 0 bridgehead atoms. The molecule has 0 radical (unpaired) electrons. The van der Waals surface area contributed by atoms with E-state index in [2.05, 4.69) is 27.1 Å². The van der Waals surface area contributed by atoms with Crippen molar-refractivity contribution in [2.24, 2.45) is 0 Å². The van der Waals surface area contributed by atoms with Gasteiger partial charge < -0.3 is 9.80 Å². The number of hydrogen-bond donors (Lipinski definition) is 1. The van der Waals surface area contributed by atoms with Gasteiger partial charge >= 0.3 is 0 Å².